The van der Waals surface area contributed by atoms with Crippen molar-refractivity contribution in [2.24, 2.45) is 0 Å². The molecule has 0 saturated heterocycles. The number of halogens is 2. The summed E-state index contributed by atoms with van der Waals surface area (Å²) < 4.78 is 6.91. The maximum atomic E-state index is 12.1. The summed E-state index contributed by atoms with van der Waals surface area (Å²) in [6.07, 6.45) is 0.302. The fourth-order valence-electron chi connectivity index (χ4n) is 1.76. The molecule has 104 valence electrons. The van der Waals surface area contributed by atoms with E-state index in [-0.39, 0.29) is 5.91 Å². The Labute approximate surface area is 134 Å². The van der Waals surface area contributed by atoms with Gasteiger partial charge in [-0.1, -0.05) is 28.1 Å². The molecule has 0 saturated carbocycles. The second kappa shape index (κ2) is 6.90. The zero-order valence-electron chi connectivity index (χ0n) is 10.8. The zero-order valence-corrected chi connectivity index (χ0v) is 14.0. The first-order valence-corrected chi connectivity index (χ1v) is 7.55. The van der Waals surface area contributed by atoms with Gasteiger partial charge in [-0.25, -0.2) is 0 Å². The van der Waals surface area contributed by atoms with Crippen LogP contribution in [0.5, 0.6) is 5.75 Å². The van der Waals surface area contributed by atoms with Gasteiger partial charge >= 0.3 is 0 Å². The van der Waals surface area contributed by atoms with E-state index in [9.17, 15) is 4.79 Å². The highest BCUT2D eigenvalue weighted by atomic mass is 79.9. The number of rotatable bonds is 4. The maximum Gasteiger partial charge on any atom is 0.228 e. The molecule has 2 rings (SSSR count). The quantitative estimate of drug-likeness (QED) is 0.828. The Morgan fingerprint density at radius 3 is 2.75 bits per heavy atom. The summed E-state index contributed by atoms with van der Waals surface area (Å²) in [6.45, 7) is 0. The smallest absolute Gasteiger partial charge is 0.228 e. The highest BCUT2D eigenvalue weighted by molar-refractivity contribution is 9.11. The minimum Gasteiger partial charge on any atom is -0.497 e. The van der Waals surface area contributed by atoms with Gasteiger partial charge in [0.2, 0.25) is 5.91 Å². The van der Waals surface area contributed by atoms with Gasteiger partial charge in [-0.2, -0.15) is 0 Å². The van der Waals surface area contributed by atoms with Crippen molar-refractivity contribution >= 4 is 43.5 Å². The van der Waals surface area contributed by atoms with E-state index in [0.29, 0.717) is 6.42 Å². The number of anilines is 1. The third-order valence-electron chi connectivity index (χ3n) is 2.70. The monoisotopic (exact) mass is 397 g/mol. The molecule has 2 aromatic rings. The maximum absolute atomic E-state index is 12.1. The molecule has 0 aliphatic carbocycles. The van der Waals surface area contributed by atoms with E-state index in [1.54, 1.807) is 7.11 Å². The Kier molecular flexibility index (Phi) is 5.20. The molecule has 0 spiro atoms. The van der Waals surface area contributed by atoms with Crippen LogP contribution in [-0.2, 0) is 11.2 Å². The summed E-state index contributed by atoms with van der Waals surface area (Å²) in [5.41, 5.74) is 1.65. The lowest BCUT2D eigenvalue weighted by molar-refractivity contribution is -0.115. The van der Waals surface area contributed by atoms with Crippen molar-refractivity contribution in [2.45, 2.75) is 6.42 Å². The van der Waals surface area contributed by atoms with Crippen LogP contribution in [0.4, 0.5) is 5.69 Å². The number of carbonyl (C=O) groups excluding carboxylic acids is 1. The number of ether oxygens (including phenoxy) is 1. The van der Waals surface area contributed by atoms with E-state index in [1.807, 2.05) is 42.5 Å². The Morgan fingerprint density at radius 1 is 1.20 bits per heavy atom. The van der Waals surface area contributed by atoms with Gasteiger partial charge in [-0.15, -0.1) is 0 Å². The molecule has 0 bridgehead atoms. The predicted octanol–water partition coefficient (Wildman–Crippen LogP) is 4.40. The summed E-state index contributed by atoms with van der Waals surface area (Å²) in [6, 6.07) is 13.1. The van der Waals surface area contributed by atoms with Crippen LogP contribution in [0.1, 0.15) is 5.56 Å². The SMILES string of the molecule is COc1cccc(CC(=O)Nc2cc(Br)ccc2Br)c1. The molecule has 0 heterocycles. The molecule has 1 N–H and O–H groups in total. The Hall–Kier alpha value is -1.33. The molecule has 3 nitrogen and oxygen atoms in total. The van der Waals surface area contributed by atoms with Crippen LogP contribution < -0.4 is 10.1 Å². The van der Waals surface area contributed by atoms with Gasteiger partial charge in [0.05, 0.1) is 19.2 Å². The van der Waals surface area contributed by atoms with Crippen LogP contribution in [0, 0.1) is 0 Å². The molecule has 0 aliphatic heterocycles. The molecule has 0 radical (unpaired) electrons. The van der Waals surface area contributed by atoms with Gasteiger partial charge in [0.25, 0.3) is 0 Å². The lowest BCUT2D eigenvalue weighted by Gasteiger charge is -2.08. The number of hydrogen-bond donors (Lipinski definition) is 1. The van der Waals surface area contributed by atoms with Crippen LogP contribution in [0.2, 0.25) is 0 Å². The molecule has 1 amide bonds. The fourth-order valence-corrected chi connectivity index (χ4v) is 2.46. The molecular formula is C15H13Br2NO2. The second-order valence-corrected chi connectivity index (χ2v) is 5.97. The van der Waals surface area contributed by atoms with Gasteiger partial charge < -0.3 is 10.1 Å². The third-order valence-corrected chi connectivity index (χ3v) is 3.89. The summed E-state index contributed by atoms with van der Waals surface area (Å²) in [4.78, 5) is 12.1. The minimum absolute atomic E-state index is 0.0722. The fraction of sp³-hybridized carbons (Fsp3) is 0.133. The van der Waals surface area contributed by atoms with Crippen LogP contribution >= 0.6 is 31.9 Å². The van der Waals surface area contributed by atoms with E-state index in [4.69, 9.17) is 4.74 Å². The summed E-state index contributed by atoms with van der Waals surface area (Å²) in [5, 5.41) is 2.88. The van der Waals surface area contributed by atoms with Crippen LogP contribution in [0.3, 0.4) is 0 Å². The average molecular weight is 399 g/mol. The van der Waals surface area contributed by atoms with Crippen molar-refractivity contribution in [3.63, 3.8) is 0 Å². The van der Waals surface area contributed by atoms with Gasteiger partial charge in [-0.3, -0.25) is 4.79 Å². The Morgan fingerprint density at radius 2 is 2.00 bits per heavy atom. The Balaban J connectivity index is 2.07. The Bertz CT molecular complexity index is 629. The van der Waals surface area contributed by atoms with E-state index >= 15 is 0 Å². The summed E-state index contributed by atoms with van der Waals surface area (Å²) >= 11 is 6.79. The number of amides is 1. The molecule has 0 aromatic heterocycles. The average Bonchev–Trinajstić information content (AvgIpc) is 2.43. The highest BCUT2D eigenvalue weighted by Crippen LogP contribution is 2.26. The zero-order chi connectivity index (χ0) is 14.5. The van der Waals surface area contributed by atoms with Crippen LogP contribution in [-0.4, -0.2) is 13.0 Å². The number of carbonyl (C=O) groups is 1. The number of methoxy groups -OCH3 is 1. The second-order valence-electron chi connectivity index (χ2n) is 4.20. The van der Waals surface area contributed by atoms with Crippen molar-refractivity contribution in [2.75, 3.05) is 12.4 Å². The number of nitrogens with one attached hydrogen (secondary N) is 1. The van der Waals surface area contributed by atoms with E-state index < -0.39 is 0 Å². The van der Waals surface area contributed by atoms with Crippen molar-refractivity contribution in [3.05, 3.63) is 57.0 Å². The molecule has 0 aliphatic rings. The number of benzene rings is 2. The molecule has 20 heavy (non-hydrogen) atoms. The topological polar surface area (TPSA) is 38.3 Å². The largest absolute Gasteiger partial charge is 0.497 e. The molecule has 2 aromatic carbocycles. The predicted molar refractivity (Wildman–Crippen MR) is 87.2 cm³/mol. The van der Waals surface area contributed by atoms with Crippen molar-refractivity contribution in [3.8, 4) is 5.75 Å². The van der Waals surface area contributed by atoms with Crippen molar-refractivity contribution in [1.29, 1.82) is 0 Å². The van der Waals surface area contributed by atoms with E-state index in [0.717, 1.165) is 25.9 Å². The number of hydrogen-bond acceptors (Lipinski definition) is 2. The highest BCUT2D eigenvalue weighted by Gasteiger charge is 2.08. The van der Waals surface area contributed by atoms with Crippen LogP contribution in [0.25, 0.3) is 0 Å². The first kappa shape index (κ1) is 15.1. The van der Waals surface area contributed by atoms with E-state index in [1.165, 1.54) is 0 Å². The molecule has 5 heteroatoms. The van der Waals surface area contributed by atoms with Crippen molar-refractivity contribution < 1.29 is 9.53 Å². The van der Waals surface area contributed by atoms with E-state index in [2.05, 4.69) is 37.2 Å². The first-order chi connectivity index (χ1) is 9.58. The van der Waals surface area contributed by atoms with Crippen molar-refractivity contribution in [1.82, 2.24) is 0 Å². The first-order valence-electron chi connectivity index (χ1n) is 5.96. The summed E-state index contributed by atoms with van der Waals surface area (Å²) in [5.74, 6) is 0.677. The van der Waals surface area contributed by atoms with Gasteiger partial charge in [0.1, 0.15) is 5.75 Å². The molecule has 0 unspecified atom stereocenters. The minimum atomic E-state index is -0.0722. The molecule has 0 atom stereocenters. The molecular weight excluding hydrogens is 386 g/mol. The lowest BCUT2D eigenvalue weighted by atomic mass is 10.1. The van der Waals surface area contributed by atoms with Gasteiger partial charge in [-0.05, 0) is 51.8 Å². The standard InChI is InChI=1S/C15H13Br2NO2/c1-20-12-4-2-3-10(7-12)8-15(19)18-14-9-11(16)5-6-13(14)17/h2-7,9H,8H2,1H3,(H,18,19). The lowest BCUT2D eigenvalue weighted by Crippen LogP contribution is -2.14. The van der Waals surface area contributed by atoms with Gasteiger partial charge in [0, 0.05) is 8.95 Å². The summed E-state index contributed by atoms with van der Waals surface area (Å²) in [7, 11) is 1.61. The van der Waals surface area contributed by atoms with Gasteiger partial charge in [0.15, 0.2) is 0 Å². The normalized spacial score (nSPS) is 10.2. The molecule has 0 fully saturated rings. The van der Waals surface area contributed by atoms with Crippen LogP contribution in [0.15, 0.2) is 51.4 Å². The third kappa shape index (κ3) is 4.08.